The van der Waals surface area contributed by atoms with Crippen LogP contribution in [0, 0.1) is 18.8 Å². The van der Waals surface area contributed by atoms with Crippen molar-refractivity contribution >= 4 is 17.6 Å². The highest BCUT2D eigenvalue weighted by Gasteiger charge is 2.45. The van der Waals surface area contributed by atoms with Crippen molar-refractivity contribution in [2.75, 3.05) is 6.54 Å². The van der Waals surface area contributed by atoms with Gasteiger partial charge in [0.25, 0.3) is 5.91 Å². The molecule has 0 bridgehead atoms. The molecule has 11 nitrogen and oxygen atoms in total. The van der Waals surface area contributed by atoms with Crippen LogP contribution < -0.4 is 10.6 Å². The molecule has 16 heteroatoms. The Hall–Kier alpha value is -3.85. The van der Waals surface area contributed by atoms with Gasteiger partial charge in [-0.15, -0.1) is 0 Å². The number of halogens is 5. The summed E-state index contributed by atoms with van der Waals surface area (Å²) in [6, 6.07) is -1.08. The highest BCUT2D eigenvalue weighted by atomic mass is 19.4. The number of nitrogens with one attached hydrogen (secondary N) is 2. The first-order valence-corrected chi connectivity index (χ1v) is 13.8. The molecule has 0 spiro atoms. The van der Waals surface area contributed by atoms with Crippen molar-refractivity contribution in [3.63, 3.8) is 0 Å². The Bertz CT molecular complexity index is 1480. The fourth-order valence-corrected chi connectivity index (χ4v) is 6.07. The van der Waals surface area contributed by atoms with Gasteiger partial charge in [-0.1, -0.05) is 5.16 Å². The molecule has 1 aliphatic heterocycles. The van der Waals surface area contributed by atoms with E-state index in [9.17, 15) is 31.5 Å². The Labute approximate surface area is 236 Å². The molecule has 3 aromatic rings. The van der Waals surface area contributed by atoms with Crippen molar-refractivity contribution in [1.82, 2.24) is 40.4 Å². The minimum absolute atomic E-state index is 0.0229. The lowest BCUT2D eigenvalue weighted by molar-refractivity contribution is -0.138. The molecule has 2 aliphatic carbocycles. The average Bonchev–Trinajstić information content (AvgIpc) is 3.33. The lowest BCUT2D eigenvalue weighted by Gasteiger charge is -2.33. The summed E-state index contributed by atoms with van der Waals surface area (Å²) in [5.41, 5.74) is 1.68. The number of nitrogens with zero attached hydrogens (tertiary/aromatic N) is 6. The highest BCUT2D eigenvalue weighted by molar-refractivity contribution is 5.93. The molecule has 2 N–H and O–H groups in total. The Morgan fingerprint density at radius 2 is 1.93 bits per heavy atom. The SMILES string of the molecule is Cc1nonc1C(=O)N[C@H](c1cn2ncc([C@@H](C3CC3)N3C[C@@H](CC(F)(F)F)NC3=O)cc2n1)C1CCC(F)(F)CC1. The van der Waals surface area contributed by atoms with Crippen molar-refractivity contribution < 1.29 is 36.2 Å². The lowest BCUT2D eigenvalue weighted by atomic mass is 9.81. The number of alkyl halides is 5. The van der Waals surface area contributed by atoms with Gasteiger partial charge in [-0.2, -0.15) is 18.3 Å². The minimum atomic E-state index is -4.40. The maximum Gasteiger partial charge on any atom is 0.391 e. The molecule has 226 valence electrons. The number of fused-ring (bicyclic) bond motifs is 1. The molecular formula is C26H29F5N8O3. The smallest absolute Gasteiger partial charge is 0.342 e. The molecule has 2 saturated carbocycles. The van der Waals surface area contributed by atoms with E-state index in [1.807, 2.05) is 0 Å². The van der Waals surface area contributed by atoms with Gasteiger partial charge < -0.3 is 15.5 Å². The van der Waals surface area contributed by atoms with E-state index < -0.39 is 48.6 Å². The summed E-state index contributed by atoms with van der Waals surface area (Å²) in [7, 11) is 0. The third kappa shape index (κ3) is 5.88. The van der Waals surface area contributed by atoms with Gasteiger partial charge in [0, 0.05) is 19.4 Å². The monoisotopic (exact) mass is 596 g/mol. The molecule has 3 fully saturated rings. The van der Waals surface area contributed by atoms with Gasteiger partial charge in [0.2, 0.25) is 5.92 Å². The van der Waals surface area contributed by atoms with E-state index in [1.165, 1.54) is 9.42 Å². The van der Waals surface area contributed by atoms with E-state index in [4.69, 9.17) is 0 Å². The summed E-state index contributed by atoms with van der Waals surface area (Å²) in [4.78, 5) is 31.9. The van der Waals surface area contributed by atoms with Gasteiger partial charge >= 0.3 is 12.2 Å². The number of aromatic nitrogens is 5. The van der Waals surface area contributed by atoms with Crippen molar-refractivity contribution in [2.45, 2.75) is 82.1 Å². The fraction of sp³-hybridized carbons (Fsp3) is 0.615. The number of hydrogen-bond acceptors (Lipinski definition) is 7. The quantitative estimate of drug-likeness (QED) is 0.366. The van der Waals surface area contributed by atoms with Crippen LogP contribution in [0.2, 0.25) is 0 Å². The van der Waals surface area contributed by atoms with Crippen molar-refractivity contribution in [2.24, 2.45) is 11.8 Å². The van der Waals surface area contributed by atoms with Crippen LogP contribution in [-0.4, -0.2) is 66.4 Å². The van der Waals surface area contributed by atoms with E-state index in [-0.39, 0.29) is 55.5 Å². The van der Waals surface area contributed by atoms with E-state index >= 15 is 0 Å². The van der Waals surface area contributed by atoms with Gasteiger partial charge in [-0.3, -0.25) is 4.79 Å². The third-order valence-electron chi connectivity index (χ3n) is 8.30. The molecule has 42 heavy (non-hydrogen) atoms. The zero-order chi connectivity index (χ0) is 29.8. The van der Waals surface area contributed by atoms with Crippen LogP contribution in [0.25, 0.3) is 5.65 Å². The summed E-state index contributed by atoms with van der Waals surface area (Å²) in [5, 5.41) is 17.0. The first-order chi connectivity index (χ1) is 19.9. The molecule has 0 aromatic carbocycles. The van der Waals surface area contributed by atoms with Gasteiger partial charge in [0.05, 0.1) is 42.6 Å². The zero-order valence-electron chi connectivity index (χ0n) is 22.6. The van der Waals surface area contributed by atoms with Crippen LogP contribution >= 0.6 is 0 Å². The summed E-state index contributed by atoms with van der Waals surface area (Å²) in [6.45, 7) is 1.47. The number of urea groups is 1. The molecule has 3 aliphatic rings. The molecule has 0 unspecified atom stereocenters. The van der Waals surface area contributed by atoms with E-state index in [0.29, 0.717) is 16.9 Å². The van der Waals surface area contributed by atoms with Gasteiger partial charge in [0.15, 0.2) is 11.3 Å². The number of amides is 3. The Balaban J connectivity index is 1.28. The molecule has 1 saturated heterocycles. The first-order valence-electron chi connectivity index (χ1n) is 13.8. The minimum Gasteiger partial charge on any atom is -0.342 e. The standard InChI is InChI=1S/C26H29F5N8O3/c1-13-20(37-42-36-13)23(40)35-21(14-4-6-25(27,28)7-5-14)18-12-39-19(34-18)8-16(10-32-39)22(15-2-3-15)38-11-17(33-24(38)41)9-26(29,30)31/h8,10,12,14-15,17,21-22H,2-7,9,11H2,1H3,(H,33,41)(H,35,40)/t17-,21+,22-/m1/s1. The van der Waals surface area contributed by atoms with E-state index in [0.717, 1.165) is 12.8 Å². The molecule has 6 rings (SSSR count). The van der Waals surface area contributed by atoms with Crippen LogP contribution in [-0.2, 0) is 0 Å². The fourth-order valence-electron chi connectivity index (χ4n) is 6.07. The van der Waals surface area contributed by atoms with Crippen molar-refractivity contribution in [3.8, 4) is 0 Å². The summed E-state index contributed by atoms with van der Waals surface area (Å²) < 4.78 is 73.0. The zero-order valence-corrected chi connectivity index (χ0v) is 22.6. The molecule has 4 heterocycles. The summed E-state index contributed by atoms with van der Waals surface area (Å²) in [6.07, 6.45) is -1.03. The predicted octanol–water partition coefficient (Wildman–Crippen LogP) is 4.51. The molecule has 3 amide bonds. The van der Waals surface area contributed by atoms with Crippen molar-refractivity contribution in [1.29, 1.82) is 0 Å². The lowest BCUT2D eigenvalue weighted by Crippen LogP contribution is -2.37. The maximum absolute atomic E-state index is 14.0. The van der Waals surface area contributed by atoms with Crippen LogP contribution in [0.1, 0.15) is 84.5 Å². The van der Waals surface area contributed by atoms with Crippen LogP contribution in [0.3, 0.4) is 0 Å². The second-order valence-electron chi connectivity index (χ2n) is 11.5. The number of carbonyl (C=O) groups is 2. The summed E-state index contributed by atoms with van der Waals surface area (Å²) >= 11 is 0. The number of aryl methyl sites for hydroxylation is 1. The van der Waals surface area contributed by atoms with Gasteiger partial charge in [0.1, 0.15) is 5.69 Å². The Kier molecular flexibility index (Phi) is 7.04. The van der Waals surface area contributed by atoms with Crippen LogP contribution in [0.4, 0.5) is 26.7 Å². The number of rotatable bonds is 8. The van der Waals surface area contributed by atoms with Crippen LogP contribution in [0.15, 0.2) is 23.1 Å². The second-order valence-corrected chi connectivity index (χ2v) is 11.5. The third-order valence-corrected chi connectivity index (χ3v) is 8.30. The molecular weight excluding hydrogens is 567 g/mol. The largest absolute Gasteiger partial charge is 0.391 e. The maximum atomic E-state index is 14.0. The van der Waals surface area contributed by atoms with Crippen LogP contribution in [0.5, 0.6) is 0 Å². The normalized spacial score (nSPS) is 22.8. The molecule has 0 radical (unpaired) electrons. The highest BCUT2D eigenvalue weighted by Crippen LogP contribution is 2.46. The van der Waals surface area contributed by atoms with Gasteiger partial charge in [-0.25, -0.2) is 27.7 Å². The topological polar surface area (TPSA) is 131 Å². The molecule has 3 atom stereocenters. The Morgan fingerprint density at radius 3 is 2.57 bits per heavy atom. The Morgan fingerprint density at radius 1 is 1.19 bits per heavy atom. The number of carbonyl (C=O) groups excluding carboxylic acids is 2. The first kappa shape index (κ1) is 28.3. The summed E-state index contributed by atoms with van der Waals surface area (Å²) in [5.74, 6) is -3.61. The number of imidazole rings is 1. The second kappa shape index (κ2) is 10.5. The van der Waals surface area contributed by atoms with E-state index in [2.05, 4.69) is 35.7 Å². The van der Waals surface area contributed by atoms with Crippen molar-refractivity contribution in [3.05, 3.63) is 41.1 Å². The van der Waals surface area contributed by atoms with Gasteiger partial charge in [-0.05, 0) is 61.2 Å². The predicted molar refractivity (Wildman–Crippen MR) is 134 cm³/mol. The average molecular weight is 597 g/mol. The number of hydrogen-bond donors (Lipinski definition) is 2. The van der Waals surface area contributed by atoms with E-state index in [1.54, 1.807) is 25.4 Å². The molecule has 3 aromatic heterocycles.